The van der Waals surface area contributed by atoms with E-state index in [4.69, 9.17) is 0 Å². The molecule has 0 atom stereocenters. The van der Waals surface area contributed by atoms with E-state index in [1.54, 1.807) is 6.07 Å². The summed E-state index contributed by atoms with van der Waals surface area (Å²) in [5, 5.41) is 2.99. The maximum Gasteiger partial charge on any atom is 0.233 e. The van der Waals surface area contributed by atoms with Crippen molar-refractivity contribution in [3.05, 3.63) is 29.8 Å². The first kappa shape index (κ1) is 14.0. The van der Waals surface area contributed by atoms with Crippen molar-refractivity contribution in [2.75, 3.05) is 23.6 Å². The van der Waals surface area contributed by atoms with Crippen molar-refractivity contribution < 1.29 is 8.42 Å². The van der Waals surface area contributed by atoms with Crippen molar-refractivity contribution in [1.82, 2.24) is 5.32 Å². The number of benzene rings is 1. The van der Waals surface area contributed by atoms with E-state index >= 15 is 0 Å². The van der Waals surface area contributed by atoms with Crippen molar-refractivity contribution in [2.45, 2.75) is 20.3 Å². The maximum absolute atomic E-state index is 11.7. The van der Waals surface area contributed by atoms with Gasteiger partial charge in [0.05, 0.1) is 5.75 Å². The van der Waals surface area contributed by atoms with E-state index in [0.717, 1.165) is 18.5 Å². The van der Waals surface area contributed by atoms with Gasteiger partial charge in [0.15, 0.2) is 0 Å². The number of hydrogen-bond donors (Lipinski definition) is 2. The predicted molar refractivity (Wildman–Crippen MR) is 71.8 cm³/mol. The fraction of sp³-hybridized carbons (Fsp3) is 0.500. The van der Waals surface area contributed by atoms with Gasteiger partial charge in [-0.3, -0.25) is 4.72 Å². The quantitative estimate of drug-likeness (QED) is 0.729. The van der Waals surface area contributed by atoms with Crippen molar-refractivity contribution in [3.8, 4) is 0 Å². The fourth-order valence-electron chi connectivity index (χ4n) is 1.47. The third-order valence-corrected chi connectivity index (χ3v) is 3.69. The highest BCUT2D eigenvalue weighted by Crippen LogP contribution is 2.12. The monoisotopic (exact) mass is 256 g/mol. The van der Waals surface area contributed by atoms with Crippen LogP contribution in [0.3, 0.4) is 0 Å². The summed E-state index contributed by atoms with van der Waals surface area (Å²) in [4.78, 5) is 0. The Morgan fingerprint density at radius 1 is 1.24 bits per heavy atom. The number of nitrogens with one attached hydrogen (secondary N) is 2. The Morgan fingerprint density at radius 3 is 2.65 bits per heavy atom. The van der Waals surface area contributed by atoms with Gasteiger partial charge in [-0.05, 0) is 30.7 Å². The second-order valence-corrected chi connectivity index (χ2v) is 5.67. The molecule has 0 bridgehead atoms. The lowest BCUT2D eigenvalue weighted by Crippen LogP contribution is -2.26. The Bertz CT molecular complexity index is 444. The Morgan fingerprint density at radius 2 is 2.00 bits per heavy atom. The van der Waals surface area contributed by atoms with Gasteiger partial charge in [0, 0.05) is 12.2 Å². The van der Waals surface area contributed by atoms with Gasteiger partial charge in [0.1, 0.15) is 0 Å². The molecule has 0 saturated carbocycles. The van der Waals surface area contributed by atoms with Crippen LogP contribution in [0, 0.1) is 0 Å². The Hall–Kier alpha value is -1.07. The molecule has 96 valence electrons. The molecule has 1 aromatic rings. The zero-order valence-corrected chi connectivity index (χ0v) is 11.2. The third kappa shape index (κ3) is 5.19. The summed E-state index contributed by atoms with van der Waals surface area (Å²) in [7, 11) is -3.24. The summed E-state index contributed by atoms with van der Waals surface area (Å²) < 4.78 is 26.0. The molecule has 4 nitrogen and oxygen atoms in total. The molecular formula is C12H20N2O2S. The Kier molecular flexibility index (Phi) is 5.44. The molecule has 0 spiro atoms. The summed E-state index contributed by atoms with van der Waals surface area (Å²) >= 11 is 0. The van der Waals surface area contributed by atoms with Crippen molar-refractivity contribution in [1.29, 1.82) is 0 Å². The van der Waals surface area contributed by atoms with Crippen molar-refractivity contribution in [2.24, 2.45) is 0 Å². The zero-order chi connectivity index (χ0) is 12.7. The third-order valence-electron chi connectivity index (χ3n) is 2.41. The van der Waals surface area contributed by atoms with Crippen molar-refractivity contribution in [3.63, 3.8) is 0 Å². The number of aryl methyl sites for hydroxylation is 1. The molecule has 0 heterocycles. The summed E-state index contributed by atoms with van der Waals surface area (Å²) in [6.07, 6.45) is 0.896. The van der Waals surface area contributed by atoms with Crippen LogP contribution in [0.4, 0.5) is 5.69 Å². The zero-order valence-electron chi connectivity index (χ0n) is 10.4. The minimum atomic E-state index is -3.24. The Balaban J connectivity index is 2.62. The van der Waals surface area contributed by atoms with Gasteiger partial charge in [0.25, 0.3) is 0 Å². The van der Waals surface area contributed by atoms with Crippen LogP contribution in [0.1, 0.15) is 19.4 Å². The van der Waals surface area contributed by atoms with Gasteiger partial charge >= 0.3 is 0 Å². The van der Waals surface area contributed by atoms with Gasteiger partial charge in [-0.15, -0.1) is 0 Å². The van der Waals surface area contributed by atoms with Gasteiger partial charge in [-0.1, -0.05) is 26.0 Å². The first-order valence-electron chi connectivity index (χ1n) is 5.87. The molecule has 0 saturated heterocycles. The molecular weight excluding hydrogens is 236 g/mol. The van der Waals surface area contributed by atoms with E-state index in [0.29, 0.717) is 12.2 Å². The van der Waals surface area contributed by atoms with Gasteiger partial charge < -0.3 is 5.32 Å². The average Bonchev–Trinajstić information content (AvgIpc) is 2.29. The lowest BCUT2D eigenvalue weighted by atomic mass is 10.1. The van der Waals surface area contributed by atoms with Crippen LogP contribution in [0.5, 0.6) is 0 Å². The molecule has 1 rings (SSSR count). The van der Waals surface area contributed by atoms with Crippen LogP contribution < -0.4 is 10.0 Å². The fourth-order valence-corrected chi connectivity index (χ4v) is 2.47. The van der Waals surface area contributed by atoms with Crippen LogP contribution in [0.2, 0.25) is 0 Å². The largest absolute Gasteiger partial charge is 0.316 e. The molecule has 0 unspecified atom stereocenters. The molecule has 5 heteroatoms. The van der Waals surface area contributed by atoms with E-state index in [-0.39, 0.29) is 5.75 Å². The molecule has 0 aromatic heterocycles. The van der Waals surface area contributed by atoms with Crippen molar-refractivity contribution >= 4 is 15.7 Å². The topological polar surface area (TPSA) is 58.2 Å². The lowest BCUT2D eigenvalue weighted by Gasteiger charge is -2.09. The van der Waals surface area contributed by atoms with E-state index in [1.165, 1.54) is 0 Å². The highest BCUT2D eigenvalue weighted by molar-refractivity contribution is 7.92. The summed E-state index contributed by atoms with van der Waals surface area (Å²) in [6, 6.07) is 7.48. The number of anilines is 1. The minimum absolute atomic E-state index is 0.0944. The first-order valence-corrected chi connectivity index (χ1v) is 7.52. The lowest BCUT2D eigenvalue weighted by molar-refractivity contribution is 0.597. The second-order valence-electron chi connectivity index (χ2n) is 3.83. The molecule has 0 amide bonds. The van der Waals surface area contributed by atoms with Crippen LogP contribution >= 0.6 is 0 Å². The van der Waals surface area contributed by atoms with E-state index in [9.17, 15) is 8.42 Å². The number of hydrogen-bond acceptors (Lipinski definition) is 3. The van der Waals surface area contributed by atoms with Crippen LogP contribution in [-0.2, 0) is 16.4 Å². The average molecular weight is 256 g/mol. The maximum atomic E-state index is 11.7. The van der Waals surface area contributed by atoms with Gasteiger partial charge in [0.2, 0.25) is 10.0 Å². The van der Waals surface area contributed by atoms with Gasteiger partial charge in [-0.2, -0.15) is 0 Å². The van der Waals surface area contributed by atoms with Crippen LogP contribution in [0.25, 0.3) is 0 Å². The molecule has 2 N–H and O–H groups in total. The molecule has 0 aliphatic rings. The first-order chi connectivity index (χ1) is 8.07. The van der Waals surface area contributed by atoms with Crippen LogP contribution in [-0.4, -0.2) is 27.3 Å². The van der Waals surface area contributed by atoms with E-state index in [2.05, 4.69) is 10.0 Å². The highest BCUT2D eigenvalue weighted by Gasteiger charge is 2.09. The summed E-state index contributed by atoms with van der Waals surface area (Å²) in [5.41, 5.74) is 1.76. The number of rotatable bonds is 7. The molecule has 1 aromatic carbocycles. The summed E-state index contributed by atoms with van der Waals surface area (Å²) in [6.45, 7) is 5.24. The summed E-state index contributed by atoms with van der Waals surface area (Å²) in [5.74, 6) is 0.0944. The molecule has 0 radical (unpaired) electrons. The molecule has 17 heavy (non-hydrogen) atoms. The van der Waals surface area contributed by atoms with E-state index < -0.39 is 10.0 Å². The van der Waals surface area contributed by atoms with Gasteiger partial charge in [-0.25, -0.2) is 8.42 Å². The highest BCUT2D eigenvalue weighted by atomic mass is 32.2. The standard InChI is InChI=1S/C12H20N2O2S/c1-3-11-6-5-7-12(10-11)14-17(15,16)9-8-13-4-2/h5-7,10,13-14H,3-4,8-9H2,1-2H3. The normalized spacial score (nSPS) is 11.4. The minimum Gasteiger partial charge on any atom is -0.316 e. The number of sulfonamides is 1. The van der Waals surface area contributed by atoms with E-state index in [1.807, 2.05) is 32.0 Å². The second kappa shape index (κ2) is 6.61. The molecule has 0 aliphatic carbocycles. The molecule has 0 aliphatic heterocycles. The smallest absolute Gasteiger partial charge is 0.233 e. The van der Waals surface area contributed by atoms with Crippen LogP contribution in [0.15, 0.2) is 24.3 Å². The predicted octanol–water partition coefficient (Wildman–Crippen LogP) is 1.60. The Labute approximate surface area is 103 Å². The molecule has 0 fully saturated rings. The SMILES string of the molecule is CCNCCS(=O)(=O)Nc1cccc(CC)c1.